The molecule has 0 aliphatic carbocycles. The molecule has 0 amide bonds. The Kier molecular flexibility index (Phi) is 5.15. The van der Waals surface area contributed by atoms with Gasteiger partial charge in [-0.15, -0.1) is 0 Å². The molecular weight excluding hydrogens is 274 g/mol. The van der Waals surface area contributed by atoms with E-state index in [0.717, 1.165) is 17.0 Å². The molecule has 2 N–H and O–H groups in total. The van der Waals surface area contributed by atoms with Crippen molar-refractivity contribution in [3.8, 4) is 0 Å². The SMILES string of the molecule is CC(C)CC(CN)c1nc(Cc2ccc(Cl)cc2)no1. The predicted octanol–water partition coefficient (Wildman–Crippen LogP) is 3.40. The Morgan fingerprint density at radius 3 is 2.55 bits per heavy atom. The van der Waals surface area contributed by atoms with Crippen LogP contribution in [0, 0.1) is 5.92 Å². The zero-order chi connectivity index (χ0) is 14.5. The van der Waals surface area contributed by atoms with Gasteiger partial charge in [-0.25, -0.2) is 0 Å². The van der Waals surface area contributed by atoms with E-state index < -0.39 is 0 Å². The normalized spacial score (nSPS) is 12.8. The first-order valence-electron chi connectivity index (χ1n) is 6.85. The lowest BCUT2D eigenvalue weighted by atomic mass is 9.97. The summed E-state index contributed by atoms with van der Waals surface area (Å²) in [6, 6.07) is 7.65. The molecule has 20 heavy (non-hydrogen) atoms. The first-order valence-corrected chi connectivity index (χ1v) is 7.23. The van der Waals surface area contributed by atoms with Gasteiger partial charge in [-0.1, -0.05) is 42.7 Å². The summed E-state index contributed by atoms with van der Waals surface area (Å²) in [6.07, 6.45) is 1.60. The van der Waals surface area contributed by atoms with Gasteiger partial charge in [-0.2, -0.15) is 4.98 Å². The summed E-state index contributed by atoms with van der Waals surface area (Å²) in [5.41, 5.74) is 6.90. The Balaban J connectivity index is 2.06. The van der Waals surface area contributed by atoms with E-state index in [1.54, 1.807) is 0 Å². The van der Waals surface area contributed by atoms with Crippen molar-refractivity contribution < 1.29 is 4.52 Å². The van der Waals surface area contributed by atoms with Crippen LogP contribution < -0.4 is 5.73 Å². The van der Waals surface area contributed by atoms with Crippen LogP contribution in [-0.2, 0) is 6.42 Å². The summed E-state index contributed by atoms with van der Waals surface area (Å²) in [6.45, 7) is 4.85. The third kappa shape index (κ3) is 4.05. The van der Waals surface area contributed by atoms with Crippen molar-refractivity contribution in [1.29, 1.82) is 0 Å². The van der Waals surface area contributed by atoms with Crippen LogP contribution in [0.1, 0.15) is 43.5 Å². The van der Waals surface area contributed by atoms with E-state index in [-0.39, 0.29) is 5.92 Å². The van der Waals surface area contributed by atoms with Crippen molar-refractivity contribution in [3.63, 3.8) is 0 Å². The minimum atomic E-state index is 0.140. The summed E-state index contributed by atoms with van der Waals surface area (Å²) < 4.78 is 5.35. The fourth-order valence-electron chi connectivity index (χ4n) is 2.16. The predicted molar refractivity (Wildman–Crippen MR) is 79.8 cm³/mol. The van der Waals surface area contributed by atoms with Crippen molar-refractivity contribution in [2.75, 3.05) is 6.54 Å². The molecule has 108 valence electrons. The average Bonchev–Trinajstić information content (AvgIpc) is 2.87. The summed E-state index contributed by atoms with van der Waals surface area (Å²) in [5.74, 6) is 2.02. The molecule has 2 rings (SSSR count). The number of nitrogens with zero attached hydrogens (tertiary/aromatic N) is 2. The van der Waals surface area contributed by atoms with Gasteiger partial charge in [0.05, 0.1) is 5.92 Å². The van der Waals surface area contributed by atoms with Crippen LogP contribution in [0.3, 0.4) is 0 Å². The van der Waals surface area contributed by atoms with Gasteiger partial charge in [0, 0.05) is 18.0 Å². The number of hydrogen-bond donors (Lipinski definition) is 1. The van der Waals surface area contributed by atoms with Crippen molar-refractivity contribution in [3.05, 3.63) is 46.6 Å². The maximum absolute atomic E-state index is 5.86. The van der Waals surface area contributed by atoms with Crippen LogP contribution in [0.2, 0.25) is 5.02 Å². The molecule has 1 unspecified atom stereocenters. The quantitative estimate of drug-likeness (QED) is 0.886. The number of rotatable bonds is 6. The monoisotopic (exact) mass is 293 g/mol. The number of nitrogens with two attached hydrogens (primary N) is 1. The van der Waals surface area contributed by atoms with Crippen molar-refractivity contribution in [2.45, 2.75) is 32.6 Å². The van der Waals surface area contributed by atoms with Crippen LogP contribution >= 0.6 is 11.6 Å². The largest absolute Gasteiger partial charge is 0.339 e. The number of aromatic nitrogens is 2. The highest BCUT2D eigenvalue weighted by Crippen LogP contribution is 2.22. The van der Waals surface area contributed by atoms with Gasteiger partial charge in [-0.05, 0) is 30.0 Å². The molecule has 0 aliphatic rings. The van der Waals surface area contributed by atoms with Gasteiger partial charge in [0.15, 0.2) is 5.82 Å². The minimum Gasteiger partial charge on any atom is -0.339 e. The maximum Gasteiger partial charge on any atom is 0.231 e. The third-order valence-corrected chi connectivity index (χ3v) is 3.40. The molecule has 0 saturated carbocycles. The number of halogens is 1. The second kappa shape index (κ2) is 6.86. The fraction of sp³-hybridized carbons (Fsp3) is 0.467. The third-order valence-electron chi connectivity index (χ3n) is 3.15. The van der Waals surface area contributed by atoms with E-state index in [2.05, 4.69) is 24.0 Å². The Morgan fingerprint density at radius 1 is 1.25 bits per heavy atom. The highest BCUT2D eigenvalue weighted by Gasteiger charge is 2.18. The lowest BCUT2D eigenvalue weighted by Gasteiger charge is -2.11. The van der Waals surface area contributed by atoms with E-state index in [0.29, 0.717) is 30.6 Å². The molecule has 0 saturated heterocycles. The van der Waals surface area contributed by atoms with Crippen molar-refractivity contribution in [1.82, 2.24) is 10.1 Å². The van der Waals surface area contributed by atoms with Crippen LogP contribution in [-0.4, -0.2) is 16.7 Å². The highest BCUT2D eigenvalue weighted by molar-refractivity contribution is 6.30. The van der Waals surface area contributed by atoms with Crippen LogP contribution in [0.15, 0.2) is 28.8 Å². The summed E-state index contributed by atoms with van der Waals surface area (Å²) in [4.78, 5) is 4.46. The first kappa shape index (κ1) is 15.0. The standard InChI is InChI=1S/C15H20ClN3O/c1-10(2)7-12(9-17)15-18-14(19-20-15)8-11-3-5-13(16)6-4-11/h3-6,10,12H,7-9,17H2,1-2H3. The smallest absolute Gasteiger partial charge is 0.231 e. The molecule has 0 aliphatic heterocycles. The second-order valence-corrected chi connectivity index (χ2v) is 5.85. The van der Waals surface area contributed by atoms with E-state index in [1.165, 1.54) is 0 Å². The topological polar surface area (TPSA) is 64.9 Å². The molecule has 1 heterocycles. The molecule has 1 aromatic heterocycles. The van der Waals surface area contributed by atoms with E-state index in [4.69, 9.17) is 21.9 Å². The van der Waals surface area contributed by atoms with Gasteiger partial charge >= 0.3 is 0 Å². The molecule has 0 radical (unpaired) electrons. The zero-order valence-corrected chi connectivity index (χ0v) is 12.6. The first-order chi connectivity index (χ1) is 9.58. The van der Waals surface area contributed by atoms with Crippen molar-refractivity contribution >= 4 is 11.6 Å². The molecule has 0 bridgehead atoms. The van der Waals surface area contributed by atoms with Gasteiger partial charge in [0.25, 0.3) is 0 Å². The zero-order valence-electron chi connectivity index (χ0n) is 11.8. The second-order valence-electron chi connectivity index (χ2n) is 5.41. The van der Waals surface area contributed by atoms with Gasteiger partial charge in [0.2, 0.25) is 5.89 Å². The van der Waals surface area contributed by atoms with E-state index >= 15 is 0 Å². The van der Waals surface area contributed by atoms with Crippen LogP contribution in [0.4, 0.5) is 0 Å². The Hall–Kier alpha value is -1.39. The lowest BCUT2D eigenvalue weighted by molar-refractivity contribution is 0.332. The average molecular weight is 294 g/mol. The van der Waals surface area contributed by atoms with Gasteiger partial charge < -0.3 is 10.3 Å². The Labute approximate surface area is 124 Å². The highest BCUT2D eigenvalue weighted by atomic mass is 35.5. The maximum atomic E-state index is 5.86. The molecule has 1 atom stereocenters. The van der Waals surface area contributed by atoms with Crippen LogP contribution in [0.25, 0.3) is 0 Å². The summed E-state index contributed by atoms with van der Waals surface area (Å²) in [7, 11) is 0. The van der Waals surface area contributed by atoms with Gasteiger partial charge in [0.1, 0.15) is 0 Å². The lowest BCUT2D eigenvalue weighted by Crippen LogP contribution is -2.15. The number of hydrogen-bond acceptors (Lipinski definition) is 4. The Morgan fingerprint density at radius 2 is 1.95 bits per heavy atom. The minimum absolute atomic E-state index is 0.140. The van der Waals surface area contributed by atoms with E-state index in [9.17, 15) is 0 Å². The molecule has 4 nitrogen and oxygen atoms in total. The fourth-order valence-corrected chi connectivity index (χ4v) is 2.28. The molecular formula is C15H20ClN3O. The summed E-state index contributed by atoms with van der Waals surface area (Å²) >= 11 is 5.86. The van der Waals surface area contributed by atoms with Crippen LogP contribution in [0.5, 0.6) is 0 Å². The number of benzene rings is 1. The molecule has 1 aromatic carbocycles. The van der Waals surface area contributed by atoms with Gasteiger partial charge in [-0.3, -0.25) is 0 Å². The molecule has 5 heteroatoms. The van der Waals surface area contributed by atoms with Crippen molar-refractivity contribution in [2.24, 2.45) is 11.7 Å². The molecule has 0 spiro atoms. The molecule has 2 aromatic rings. The summed E-state index contributed by atoms with van der Waals surface area (Å²) in [5, 5.41) is 4.76. The Bertz CT molecular complexity index is 536. The molecule has 0 fully saturated rings. The van der Waals surface area contributed by atoms with E-state index in [1.807, 2.05) is 24.3 Å².